The van der Waals surface area contributed by atoms with Crippen LogP contribution >= 0.6 is 58.7 Å². The summed E-state index contributed by atoms with van der Waals surface area (Å²) in [7, 11) is 0. The minimum Gasteiger partial charge on any atom is -0.480 e. The van der Waals surface area contributed by atoms with Crippen LogP contribution in [0.5, 0.6) is 0 Å². The van der Waals surface area contributed by atoms with Gasteiger partial charge in [-0.1, -0.05) is 47.3 Å². The van der Waals surface area contributed by atoms with Gasteiger partial charge in [-0.2, -0.15) is 0 Å². The van der Waals surface area contributed by atoms with E-state index in [9.17, 15) is 19.5 Å². The Balaban J connectivity index is 1.82. The highest BCUT2D eigenvalue weighted by Gasteiger charge is 2.33. The molecule has 1 saturated heterocycles. The predicted molar refractivity (Wildman–Crippen MR) is 139 cm³/mol. The highest BCUT2D eigenvalue weighted by Crippen LogP contribution is 2.46. The van der Waals surface area contributed by atoms with Crippen LogP contribution in [-0.2, 0) is 16.1 Å². The van der Waals surface area contributed by atoms with E-state index in [4.69, 9.17) is 23.8 Å². The third-order valence-electron chi connectivity index (χ3n) is 4.95. The third kappa shape index (κ3) is 4.52. The van der Waals surface area contributed by atoms with E-state index in [0.29, 0.717) is 47.2 Å². The molecule has 172 valence electrons. The maximum absolute atomic E-state index is 13.0. The van der Waals surface area contributed by atoms with E-state index < -0.39 is 5.97 Å². The number of carbonyl (C=O) groups excluding carboxylic acids is 1. The first kappa shape index (κ1) is 24.1. The molecule has 2 aliphatic rings. The molecule has 7 nitrogen and oxygen atoms in total. The molecular formula is C21H18ClN3O4S4. The van der Waals surface area contributed by atoms with Crippen LogP contribution in [-0.4, -0.2) is 43.9 Å². The standard InChI is InChI=1S/C21H18ClN3O4S4/c1-3-23-18(28)14(32-20(23)17-19(29)24(4-2)21(30)33-17)7-8-15-25(10-16(26)27)12-9-11(22)5-6-13(12)31-15/h5-9H,3-4,10H2,1-2H3,(H,26,27). The first-order valence-electron chi connectivity index (χ1n) is 9.91. The zero-order chi connectivity index (χ0) is 23.9. The van der Waals surface area contributed by atoms with Crippen molar-refractivity contribution in [1.82, 2.24) is 9.47 Å². The number of thiazole rings is 1. The molecule has 3 heterocycles. The lowest BCUT2D eigenvalue weighted by molar-refractivity contribution is -0.135. The summed E-state index contributed by atoms with van der Waals surface area (Å²) in [5.41, 5.74) is 0.508. The summed E-state index contributed by atoms with van der Waals surface area (Å²) < 4.78 is 3.09. The number of nitrogens with zero attached hydrogens (tertiary/aromatic N) is 3. The van der Waals surface area contributed by atoms with Crippen LogP contribution in [0.15, 0.2) is 39.0 Å². The molecule has 2 aromatic rings. The number of carbonyl (C=O) groups is 2. The van der Waals surface area contributed by atoms with Gasteiger partial charge in [0.2, 0.25) is 0 Å². The molecule has 0 unspecified atom stereocenters. The van der Waals surface area contributed by atoms with Gasteiger partial charge in [0, 0.05) is 23.0 Å². The van der Waals surface area contributed by atoms with Crippen molar-refractivity contribution in [2.75, 3.05) is 18.0 Å². The summed E-state index contributed by atoms with van der Waals surface area (Å²) in [5, 5.41) is 10.6. The monoisotopic (exact) mass is 539 g/mol. The number of thiocarbonyl (C=S) groups is 1. The predicted octanol–water partition coefficient (Wildman–Crippen LogP) is 2.89. The van der Waals surface area contributed by atoms with Crippen LogP contribution < -0.4 is 19.7 Å². The molecule has 4 rings (SSSR count). The van der Waals surface area contributed by atoms with E-state index in [0.717, 1.165) is 4.90 Å². The lowest BCUT2D eigenvalue weighted by atomic mass is 10.3. The number of hydrogen-bond donors (Lipinski definition) is 1. The van der Waals surface area contributed by atoms with Crippen molar-refractivity contribution >= 4 is 91.5 Å². The molecule has 0 atom stereocenters. The fourth-order valence-electron chi connectivity index (χ4n) is 3.43. The van der Waals surface area contributed by atoms with Crippen LogP contribution in [0.3, 0.4) is 0 Å². The molecule has 33 heavy (non-hydrogen) atoms. The molecule has 1 amide bonds. The van der Waals surface area contributed by atoms with E-state index in [-0.39, 0.29) is 18.0 Å². The zero-order valence-electron chi connectivity index (χ0n) is 17.5. The average molecular weight is 540 g/mol. The molecule has 0 bridgehead atoms. The second-order valence-electron chi connectivity index (χ2n) is 6.93. The van der Waals surface area contributed by atoms with Crippen molar-refractivity contribution in [2.45, 2.75) is 25.3 Å². The topological polar surface area (TPSA) is 82.9 Å². The van der Waals surface area contributed by atoms with Crippen LogP contribution in [0, 0.1) is 0 Å². The number of amides is 1. The highest BCUT2D eigenvalue weighted by atomic mass is 35.5. The maximum atomic E-state index is 13.0. The summed E-state index contributed by atoms with van der Waals surface area (Å²) in [6.45, 7) is 4.36. The normalized spacial score (nSPS) is 19.2. The molecule has 0 aliphatic carbocycles. The van der Waals surface area contributed by atoms with Crippen molar-refractivity contribution in [3.8, 4) is 0 Å². The SMILES string of the molecule is CCN1C(=O)C(=c2sc(=CC=C3Sc4ccc(Cl)cc4N3CC(=O)O)c(=O)n2CC)SC1=S. The number of anilines is 1. The Morgan fingerprint density at radius 2 is 1.91 bits per heavy atom. The van der Waals surface area contributed by atoms with E-state index >= 15 is 0 Å². The number of benzene rings is 1. The van der Waals surface area contributed by atoms with Gasteiger partial charge in [-0.05, 0) is 44.2 Å². The van der Waals surface area contributed by atoms with Crippen molar-refractivity contribution in [3.05, 3.63) is 53.9 Å². The van der Waals surface area contributed by atoms with Crippen LogP contribution in [0.25, 0.3) is 11.0 Å². The van der Waals surface area contributed by atoms with Crippen LogP contribution in [0.4, 0.5) is 5.69 Å². The van der Waals surface area contributed by atoms with Crippen molar-refractivity contribution in [2.24, 2.45) is 0 Å². The lowest BCUT2D eigenvalue weighted by Gasteiger charge is -2.17. The number of carboxylic acids is 1. The minimum absolute atomic E-state index is 0.188. The summed E-state index contributed by atoms with van der Waals surface area (Å²) in [5.74, 6) is -1.17. The first-order valence-corrected chi connectivity index (χ1v) is 13.1. The molecular weight excluding hydrogens is 522 g/mol. The number of rotatable bonds is 5. The quantitative estimate of drug-likeness (QED) is 0.581. The highest BCUT2D eigenvalue weighted by molar-refractivity contribution is 8.30. The molecule has 12 heteroatoms. The number of aromatic nitrogens is 1. The molecule has 2 aliphatic heterocycles. The van der Waals surface area contributed by atoms with Gasteiger partial charge in [0.1, 0.15) is 20.4 Å². The Labute approximate surface area is 212 Å². The largest absolute Gasteiger partial charge is 0.480 e. The Bertz CT molecular complexity index is 1400. The van der Waals surface area contributed by atoms with Gasteiger partial charge in [0.05, 0.1) is 15.2 Å². The van der Waals surface area contributed by atoms with Crippen molar-refractivity contribution in [3.63, 3.8) is 0 Å². The lowest BCUT2D eigenvalue weighted by Crippen LogP contribution is -2.33. The summed E-state index contributed by atoms with van der Waals surface area (Å²) in [4.78, 5) is 41.8. The number of allylic oxidation sites excluding steroid dienone is 1. The van der Waals surface area contributed by atoms with E-state index in [1.807, 2.05) is 19.9 Å². The second kappa shape index (κ2) is 9.67. The number of carboxylic acid groups (broad SMARTS) is 1. The summed E-state index contributed by atoms with van der Waals surface area (Å²) in [6, 6.07) is 5.32. The second-order valence-corrected chi connectivity index (χ2v) is 11.1. The van der Waals surface area contributed by atoms with Crippen molar-refractivity contribution in [1.29, 1.82) is 0 Å². The van der Waals surface area contributed by atoms with Crippen LogP contribution in [0.2, 0.25) is 5.02 Å². The Morgan fingerprint density at radius 1 is 1.15 bits per heavy atom. The van der Waals surface area contributed by atoms with E-state index in [1.54, 1.807) is 33.8 Å². The number of fused-ring (bicyclic) bond motifs is 1. The van der Waals surface area contributed by atoms with Gasteiger partial charge in [0.25, 0.3) is 11.5 Å². The van der Waals surface area contributed by atoms with Gasteiger partial charge in [-0.25, -0.2) is 0 Å². The number of thioether (sulfide) groups is 2. The minimum atomic E-state index is -0.981. The number of aliphatic carboxylic acids is 1. The molecule has 1 N–H and O–H groups in total. The van der Waals surface area contributed by atoms with Gasteiger partial charge >= 0.3 is 5.97 Å². The molecule has 0 radical (unpaired) electrons. The fourth-order valence-corrected chi connectivity index (χ4v) is 7.29. The molecule has 1 aromatic carbocycles. The van der Waals surface area contributed by atoms with Gasteiger partial charge < -0.3 is 10.0 Å². The van der Waals surface area contributed by atoms with Crippen LogP contribution in [0.1, 0.15) is 13.8 Å². The van der Waals surface area contributed by atoms with E-state index in [2.05, 4.69) is 0 Å². The smallest absolute Gasteiger partial charge is 0.323 e. The molecule has 1 fully saturated rings. The Hall–Kier alpha value is -2.05. The fraction of sp³-hybridized carbons (Fsp3) is 0.238. The number of hydrogen-bond acceptors (Lipinski definition) is 8. The Kier molecular flexibility index (Phi) is 7.06. The first-order chi connectivity index (χ1) is 15.7. The number of halogens is 1. The van der Waals surface area contributed by atoms with E-state index in [1.165, 1.54) is 39.8 Å². The maximum Gasteiger partial charge on any atom is 0.323 e. The van der Waals surface area contributed by atoms with Crippen molar-refractivity contribution < 1.29 is 14.7 Å². The molecule has 0 spiro atoms. The zero-order valence-corrected chi connectivity index (χ0v) is 21.6. The third-order valence-corrected chi connectivity index (χ3v) is 9.03. The van der Waals surface area contributed by atoms with Gasteiger partial charge in [-0.15, -0.1) is 11.3 Å². The van der Waals surface area contributed by atoms with Gasteiger partial charge in [0.15, 0.2) is 0 Å². The Morgan fingerprint density at radius 3 is 2.55 bits per heavy atom. The summed E-state index contributed by atoms with van der Waals surface area (Å²) in [6.07, 6.45) is 3.41. The summed E-state index contributed by atoms with van der Waals surface area (Å²) >= 11 is 15.3. The molecule has 0 saturated carbocycles. The average Bonchev–Trinajstić information content (AvgIpc) is 3.37. The molecule has 1 aromatic heterocycles. The van der Waals surface area contributed by atoms with Gasteiger partial charge in [-0.3, -0.25) is 23.9 Å².